The third-order valence-corrected chi connectivity index (χ3v) is 13.3. The molecule has 4 unspecified atom stereocenters. The SMILES string of the molecule is CC/C=C\C/C=C\CCCCCCCCCCCCCCCC(O)C(=O)NC(CO)C(O)C(O)CCC/C=C/CCCCCCCCCCCCCCCCCCCCCCCCC. The van der Waals surface area contributed by atoms with Crippen LogP contribution in [0.2, 0.25) is 0 Å². The Hall–Kier alpha value is -1.47. The number of nitrogens with one attached hydrogen (secondary N) is 1. The minimum Gasteiger partial charge on any atom is -0.394 e. The van der Waals surface area contributed by atoms with Crippen molar-refractivity contribution in [2.75, 3.05) is 6.61 Å². The molecule has 0 fully saturated rings. The number of hydrogen-bond acceptors (Lipinski definition) is 5. The minimum atomic E-state index is -1.28. The van der Waals surface area contributed by atoms with Crippen molar-refractivity contribution in [2.45, 2.75) is 321 Å². The number of carbonyl (C=O) groups excluding carboxylic acids is 1. The van der Waals surface area contributed by atoms with Crippen LogP contribution in [0.3, 0.4) is 0 Å². The van der Waals surface area contributed by atoms with E-state index in [1.165, 1.54) is 218 Å². The summed E-state index contributed by atoms with van der Waals surface area (Å²) < 4.78 is 0. The van der Waals surface area contributed by atoms with E-state index in [1.807, 2.05) is 0 Å². The molecule has 0 aliphatic heterocycles. The van der Waals surface area contributed by atoms with Crippen molar-refractivity contribution in [1.29, 1.82) is 0 Å². The first-order valence-electron chi connectivity index (χ1n) is 28.4. The molecule has 0 spiro atoms. The van der Waals surface area contributed by atoms with Crippen molar-refractivity contribution in [1.82, 2.24) is 5.32 Å². The fourth-order valence-electron chi connectivity index (χ4n) is 8.92. The van der Waals surface area contributed by atoms with Crippen molar-refractivity contribution in [2.24, 2.45) is 0 Å². The predicted octanol–water partition coefficient (Wildman–Crippen LogP) is 16.4. The highest BCUT2D eigenvalue weighted by Gasteiger charge is 2.28. The number of unbranched alkanes of at least 4 members (excludes halogenated alkanes) is 37. The Morgan fingerprint density at radius 1 is 0.406 bits per heavy atom. The summed E-state index contributed by atoms with van der Waals surface area (Å²) in [4.78, 5) is 12.6. The van der Waals surface area contributed by atoms with Gasteiger partial charge in [-0.15, -0.1) is 0 Å². The first-order chi connectivity index (χ1) is 31.5. The lowest BCUT2D eigenvalue weighted by atomic mass is 10.00. The Balaban J connectivity index is 3.63. The molecule has 4 atom stereocenters. The summed E-state index contributed by atoms with van der Waals surface area (Å²) in [5, 5.41) is 44.0. The van der Waals surface area contributed by atoms with Gasteiger partial charge in [-0.3, -0.25) is 4.79 Å². The zero-order valence-electron chi connectivity index (χ0n) is 42.8. The predicted molar refractivity (Wildman–Crippen MR) is 279 cm³/mol. The van der Waals surface area contributed by atoms with Crippen LogP contribution >= 0.6 is 0 Å². The largest absolute Gasteiger partial charge is 0.394 e. The third-order valence-electron chi connectivity index (χ3n) is 13.3. The molecule has 0 aliphatic rings. The van der Waals surface area contributed by atoms with Crippen LogP contribution in [0.15, 0.2) is 36.5 Å². The molecule has 0 heterocycles. The molecule has 0 aromatic rings. The van der Waals surface area contributed by atoms with Gasteiger partial charge in [0, 0.05) is 0 Å². The van der Waals surface area contributed by atoms with Crippen molar-refractivity contribution in [3.05, 3.63) is 36.5 Å². The van der Waals surface area contributed by atoms with E-state index in [0.717, 1.165) is 51.4 Å². The van der Waals surface area contributed by atoms with E-state index in [-0.39, 0.29) is 0 Å². The molecule has 378 valence electrons. The average molecular weight is 903 g/mol. The van der Waals surface area contributed by atoms with Crippen molar-refractivity contribution < 1.29 is 25.2 Å². The maximum atomic E-state index is 12.6. The molecule has 0 saturated heterocycles. The summed E-state index contributed by atoms with van der Waals surface area (Å²) in [6.45, 7) is 3.97. The highest BCUT2D eigenvalue weighted by atomic mass is 16.3. The van der Waals surface area contributed by atoms with Crippen LogP contribution in [-0.2, 0) is 4.79 Å². The van der Waals surface area contributed by atoms with Gasteiger partial charge in [-0.1, -0.05) is 269 Å². The van der Waals surface area contributed by atoms with Gasteiger partial charge in [0.05, 0.1) is 18.8 Å². The number of aliphatic hydroxyl groups is 4. The average Bonchev–Trinajstić information content (AvgIpc) is 3.30. The van der Waals surface area contributed by atoms with Crippen LogP contribution in [0.1, 0.15) is 296 Å². The third kappa shape index (κ3) is 45.7. The minimum absolute atomic E-state index is 0.362. The lowest BCUT2D eigenvalue weighted by Gasteiger charge is -2.27. The highest BCUT2D eigenvalue weighted by molar-refractivity contribution is 5.80. The van der Waals surface area contributed by atoms with E-state index in [9.17, 15) is 25.2 Å². The standard InChI is InChI=1S/C58H111NO5/c1-3-5-7-9-11-13-15-17-19-21-23-25-26-27-28-29-30-31-32-34-35-37-39-41-43-45-47-49-51-55(61)57(63)54(53-60)59-58(64)56(62)52-50-48-46-44-42-40-38-36-33-24-22-20-18-16-14-12-10-8-6-4-2/h6,8,12,14,43,45,54-57,60-63H,3-5,7,9-11,13,15-42,44,46-53H2,1-2H3,(H,59,64)/b8-6-,14-12-,45-43+. The number of amides is 1. The fraction of sp³-hybridized carbons (Fsp3) is 0.879. The molecule has 1 amide bonds. The quantitative estimate of drug-likeness (QED) is 0.0309. The van der Waals surface area contributed by atoms with Crippen molar-refractivity contribution >= 4 is 5.91 Å². The molecule has 0 bridgehead atoms. The van der Waals surface area contributed by atoms with E-state index in [4.69, 9.17) is 0 Å². The van der Waals surface area contributed by atoms with Crippen LogP contribution in [0, 0.1) is 0 Å². The second kappa shape index (κ2) is 52.5. The second-order valence-corrected chi connectivity index (χ2v) is 19.6. The van der Waals surface area contributed by atoms with Crippen molar-refractivity contribution in [3.63, 3.8) is 0 Å². The number of allylic oxidation sites excluding steroid dienone is 6. The van der Waals surface area contributed by atoms with Gasteiger partial charge < -0.3 is 25.7 Å². The lowest BCUT2D eigenvalue weighted by Crippen LogP contribution is -2.53. The smallest absolute Gasteiger partial charge is 0.249 e. The molecule has 0 aromatic carbocycles. The molecule has 0 radical (unpaired) electrons. The molecule has 0 saturated carbocycles. The van der Waals surface area contributed by atoms with Crippen LogP contribution in [0.4, 0.5) is 0 Å². The fourth-order valence-corrected chi connectivity index (χ4v) is 8.92. The van der Waals surface area contributed by atoms with Crippen LogP contribution < -0.4 is 5.32 Å². The Morgan fingerprint density at radius 2 is 0.734 bits per heavy atom. The number of aliphatic hydroxyl groups excluding tert-OH is 4. The molecule has 5 N–H and O–H groups in total. The van der Waals surface area contributed by atoms with Gasteiger partial charge in [0.25, 0.3) is 0 Å². The Kier molecular flexibility index (Phi) is 51.3. The van der Waals surface area contributed by atoms with Gasteiger partial charge >= 0.3 is 0 Å². The summed E-state index contributed by atoms with van der Waals surface area (Å²) >= 11 is 0. The summed E-state index contributed by atoms with van der Waals surface area (Å²) in [7, 11) is 0. The van der Waals surface area contributed by atoms with E-state index >= 15 is 0 Å². The van der Waals surface area contributed by atoms with Gasteiger partial charge in [-0.2, -0.15) is 0 Å². The zero-order chi connectivity index (χ0) is 46.7. The summed E-state index contributed by atoms with van der Waals surface area (Å²) in [5.74, 6) is -0.592. The first-order valence-corrected chi connectivity index (χ1v) is 28.4. The number of hydrogen-bond donors (Lipinski definition) is 5. The molecule has 6 nitrogen and oxygen atoms in total. The lowest BCUT2D eigenvalue weighted by molar-refractivity contribution is -0.132. The molecule has 6 heteroatoms. The Bertz CT molecular complexity index is 1010. The van der Waals surface area contributed by atoms with Gasteiger partial charge in [-0.25, -0.2) is 0 Å². The molecular formula is C58H111NO5. The molecule has 0 rings (SSSR count). The van der Waals surface area contributed by atoms with Crippen LogP contribution in [0.5, 0.6) is 0 Å². The Morgan fingerprint density at radius 3 is 1.11 bits per heavy atom. The summed E-state index contributed by atoms with van der Waals surface area (Å²) in [5.41, 5.74) is 0. The van der Waals surface area contributed by atoms with Gasteiger partial charge in [-0.05, 0) is 64.2 Å². The molecular weight excluding hydrogens is 791 g/mol. The van der Waals surface area contributed by atoms with Crippen molar-refractivity contribution in [3.8, 4) is 0 Å². The van der Waals surface area contributed by atoms with Gasteiger partial charge in [0.1, 0.15) is 12.2 Å². The highest BCUT2D eigenvalue weighted by Crippen LogP contribution is 2.18. The number of rotatable bonds is 52. The van der Waals surface area contributed by atoms with Gasteiger partial charge in [0.2, 0.25) is 5.91 Å². The topological polar surface area (TPSA) is 110 Å². The maximum Gasteiger partial charge on any atom is 0.249 e. The first kappa shape index (κ1) is 62.5. The van der Waals surface area contributed by atoms with E-state index in [2.05, 4.69) is 55.6 Å². The second-order valence-electron chi connectivity index (χ2n) is 19.6. The maximum absolute atomic E-state index is 12.6. The summed E-state index contributed by atoms with van der Waals surface area (Å²) in [6.07, 6.45) is 65.1. The number of carbonyl (C=O) groups is 1. The van der Waals surface area contributed by atoms with Crippen LogP contribution in [-0.4, -0.2) is 57.3 Å². The van der Waals surface area contributed by atoms with Crippen LogP contribution in [0.25, 0.3) is 0 Å². The zero-order valence-corrected chi connectivity index (χ0v) is 42.8. The Labute approximate surface area is 398 Å². The van der Waals surface area contributed by atoms with Gasteiger partial charge in [0.15, 0.2) is 0 Å². The molecule has 64 heavy (non-hydrogen) atoms. The van der Waals surface area contributed by atoms with E-state index in [1.54, 1.807) is 0 Å². The van der Waals surface area contributed by atoms with E-state index < -0.39 is 36.9 Å². The van der Waals surface area contributed by atoms with E-state index in [0.29, 0.717) is 12.8 Å². The molecule has 0 aromatic heterocycles. The normalized spacial score (nSPS) is 14.0. The molecule has 0 aliphatic carbocycles. The summed E-state index contributed by atoms with van der Waals surface area (Å²) in [6, 6.07) is -1.00. The monoisotopic (exact) mass is 902 g/mol.